The Balaban J connectivity index is 1.85. The highest BCUT2D eigenvalue weighted by atomic mass is 14.9. The van der Waals surface area contributed by atoms with E-state index in [1.54, 1.807) is 11.1 Å². The second kappa shape index (κ2) is 6.76. The number of nitrogens with one attached hydrogen (secondary N) is 1. The van der Waals surface area contributed by atoms with E-state index in [0.717, 1.165) is 6.54 Å². The lowest BCUT2D eigenvalue weighted by Crippen LogP contribution is -2.40. The van der Waals surface area contributed by atoms with Crippen molar-refractivity contribution in [1.29, 1.82) is 0 Å². The zero-order valence-electron chi connectivity index (χ0n) is 13.8. The zero-order valence-corrected chi connectivity index (χ0v) is 13.8. The largest absolute Gasteiger partial charge is 0.314 e. The molecule has 1 atom stereocenters. The van der Waals surface area contributed by atoms with Crippen molar-refractivity contribution in [2.24, 2.45) is 5.41 Å². The fourth-order valence-electron chi connectivity index (χ4n) is 3.38. The minimum absolute atomic E-state index is 0.355. The lowest BCUT2D eigenvalue weighted by molar-refractivity contribution is 0.254. The summed E-state index contributed by atoms with van der Waals surface area (Å²) in [6.45, 7) is 10.3. The number of hydrogen-bond donors (Lipinski definition) is 1. The van der Waals surface area contributed by atoms with Crippen LogP contribution in [0.3, 0.4) is 0 Å². The van der Waals surface area contributed by atoms with E-state index in [1.165, 1.54) is 44.1 Å². The second-order valence-corrected chi connectivity index (χ2v) is 7.33. The smallest absolute Gasteiger partial charge is 0.0116 e. The van der Waals surface area contributed by atoms with Gasteiger partial charge in [-0.3, -0.25) is 0 Å². The number of aryl methyl sites for hydroxylation is 3. The topological polar surface area (TPSA) is 12.0 Å². The minimum Gasteiger partial charge on any atom is -0.314 e. The molecule has 1 aliphatic rings. The van der Waals surface area contributed by atoms with Gasteiger partial charge in [0.05, 0.1) is 0 Å². The highest BCUT2D eigenvalue weighted by molar-refractivity contribution is 5.35. The zero-order chi connectivity index (χ0) is 14.6. The molecule has 20 heavy (non-hydrogen) atoms. The molecule has 0 saturated heterocycles. The summed E-state index contributed by atoms with van der Waals surface area (Å²) in [5, 5.41) is 3.65. The Labute approximate surface area is 125 Å². The molecule has 0 fully saturated rings. The normalized spacial score (nSPS) is 16.2. The van der Waals surface area contributed by atoms with Gasteiger partial charge in [0, 0.05) is 6.04 Å². The Morgan fingerprint density at radius 1 is 1.15 bits per heavy atom. The summed E-state index contributed by atoms with van der Waals surface area (Å²) >= 11 is 0. The number of rotatable bonds is 6. The van der Waals surface area contributed by atoms with Crippen LogP contribution in [0.5, 0.6) is 0 Å². The number of benzene rings is 1. The van der Waals surface area contributed by atoms with Crippen molar-refractivity contribution in [1.82, 2.24) is 5.32 Å². The number of hydrogen-bond acceptors (Lipinski definition) is 1. The second-order valence-electron chi connectivity index (χ2n) is 7.33. The first-order valence-corrected chi connectivity index (χ1v) is 8.34. The van der Waals surface area contributed by atoms with Crippen LogP contribution in [0.2, 0.25) is 0 Å². The van der Waals surface area contributed by atoms with Gasteiger partial charge in [-0.05, 0) is 67.2 Å². The third-order valence-corrected chi connectivity index (χ3v) is 4.62. The third-order valence-electron chi connectivity index (χ3n) is 4.62. The Kier molecular flexibility index (Phi) is 5.26. The molecular formula is C19H31N. The summed E-state index contributed by atoms with van der Waals surface area (Å²) in [6.07, 6.45) is 7.73. The molecule has 0 heterocycles. The molecule has 0 saturated carbocycles. The van der Waals surface area contributed by atoms with Crippen LogP contribution in [-0.4, -0.2) is 12.6 Å². The van der Waals surface area contributed by atoms with Gasteiger partial charge in [0.25, 0.3) is 0 Å². The predicted octanol–water partition coefficient (Wildman–Crippen LogP) is 4.52. The fourth-order valence-corrected chi connectivity index (χ4v) is 3.38. The van der Waals surface area contributed by atoms with Crippen LogP contribution in [0.25, 0.3) is 0 Å². The van der Waals surface area contributed by atoms with Gasteiger partial charge in [0.15, 0.2) is 0 Å². The van der Waals surface area contributed by atoms with Crippen LogP contribution in [0.1, 0.15) is 63.6 Å². The lowest BCUT2D eigenvalue weighted by Gasteiger charge is -2.31. The van der Waals surface area contributed by atoms with Crippen molar-refractivity contribution >= 4 is 0 Å². The van der Waals surface area contributed by atoms with Crippen molar-refractivity contribution in [2.75, 3.05) is 6.54 Å². The van der Waals surface area contributed by atoms with Crippen molar-refractivity contribution in [2.45, 2.75) is 72.3 Å². The molecule has 1 aromatic rings. The van der Waals surface area contributed by atoms with E-state index in [-0.39, 0.29) is 0 Å². The number of fused-ring (bicyclic) bond motifs is 1. The van der Waals surface area contributed by atoms with Crippen LogP contribution in [0.15, 0.2) is 18.2 Å². The summed E-state index contributed by atoms with van der Waals surface area (Å²) in [6, 6.07) is 7.80. The first-order chi connectivity index (χ1) is 9.50. The van der Waals surface area contributed by atoms with E-state index >= 15 is 0 Å². The van der Waals surface area contributed by atoms with Gasteiger partial charge in [-0.2, -0.15) is 0 Å². The Hall–Kier alpha value is -0.820. The molecular weight excluding hydrogens is 242 g/mol. The maximum absolute atomic E-state index is 3.65. The van der Waals surface area contributed by atoms with Gasteiger partial charge in [0.2, 0.25) is 0 Å². The molecule has 0 aromatic heterocycles. The molecule has 1 unspecified atom stereocenters. The van der Waals surface area contributed by atoms with Gasteiger partial charge in [0.1, 0.15) is 0 Å². The molecule has 0 amide bonds. The van der Waals surface area contributed by atoms with Gasteiger partial charge in [-0.25, -0.2) is 0 Å². The van der Waals surface area contributed by atoms with Gasteiger partial charge >= 0.3 is 0 Å². The Bertz CT molecular complexity index is 428. The van der Waals surface area contributed by atoms with Crippen molar-refractivity contribution in [3.05, 3.63) is 34.9 Å². The van der Waals surface area contributed by atoms with Crippen molar-refractivity contribution < 1.29 is 0 Å². The van der Waals surface area contributed by atoms with Gasteiger partial charge < -0.3 is 5.32 Å². The van der Waals surface area contributed by atoms with Gasteiger partial charge in [-0.1, -0.05) is 45.9 Å². The Morgan fingerprint density at radius 3 is 2.60 bits per heavy atom. The average molecular weight is 273 g/mol. The van der Waals surface area contributed by atoms with E-state index < -0.39 is 0 Å². The SMILES string of the molecule is CCNC(CCCc1ccc2c(c1)CCC2)C(C)(C)C. The monoisotopic (exact) mass is 273 g/mol. The summed E-state index contributed by atoms with van der Waals surface area (Å²) < 4.78 is 0. The van der Waals surface area contributed by atoms with Crippen LogP contribution in [0, 0.1) is 5.41 Å². The van der Waals surface area contributed by atoms with Gasteiger partial charge in [-0.15, -0.1) is 0 Å². The molecule has 1 nitrogen and oxygen atoms in total. The summed E-state index contributed by atoms with van der Waals surface area (Å²) in [4.78, 5) is 0. The summed E-state index contributed by atoms with van der Waals surface area (Å²) in [5.74, 6) is 0. The maximum atomic E-state index is 3.65. The van der Waals surface area contributed by atoms with E-state index in [1.807, 2.05) is 0 Å². The van der Waals surface area contributed by atoms with Crippen LogP contribution >= 0.6 is 0 Å². The maximum Gasteiger partial charge on any atom is 0.0116 e. The molecule has 1 aromatic carbocycles. The molecule has 1 heteroatoms. The average Bonchev–Trinajstić information content (AvgIpc) is 2.84. The molecule has 0 aliphatic heterocycles. The van der Waals surface area contributed by atoms with E-state index in [4.69, 9.17) is 0 Å². The van der Waals surface area contributed by atoms with Crippen molar-refractivity contribution in [3.63, 3.8) is 0 Å². The fraction of sp³-hybridized carbons (Fsp3) is 0.684. The van der Waals surface area contributed by atoms with Crippen LogP contribution < -0.4 is 5.32 Å². The first kappa shape index (κ1) is 15.6. The van der Waals surface area contributed by atoms with E-state index in [2.05, 4.69) is 51.2 Å². The van der Waals surface area contributed by atoms with Crippen LogP contribution in [-0.2, 0) is 19.3 Å². The lowest BCUT2D eigenvalue weighted by atomic mass is 9.83. The molecule has 112 valence electrons. The molecule has 0 spiro atoms. The Morgan fingerprint density at radius 2 is 1.90 bits per heavy atom. The molecule has 1 N–H and O–H groups in total. The first-order valence-electron chi connectivity index (χ1n) is 8.34. The molecule has 2 rings (SSSR count). The highest BCUT2D eigenvalue weighted by Gasteiger charge is 2.22. The summed E-state index contributed by atoms with van der Waals surface area (Å²) in [7, 11) is 0. The minimum atomic E-state index is 0.355. The quantitative estimate of drug-likeness (QED) is 0.803. The third kappa shape index (κ3) is 4.09. The highest BCUT2D eigenvalue weighted by Crippen LogP contribution is 2.25. The van der Waals surface area contributed by atoms with E-state index in [9.17, 15) is 0 Å². The standard InChI is InChI=1S/C19H31N/c1-5-20-18(19(2,3)4)11-6-8-15-12-13-16-9-7-10-17(16)14-15/h12-14,18,20H,5-11H2,1-4H3. The molecule has 1 aliphatic carbocycles. The summed E-state index contributed by atoms with van der Waals surface area (Å²) in [5.41, 5.74) is 5.10. The van der Waals surface area contributed by atoms with E-state index in [0.29, 0.717) is 11.5 Å². The van der Waals surface area contributed by atoms with Crippen LogP contribution in [0.4, 0.5) is 0 Å². The molecule has 0 radical (unpaired) electrons. The van der Waals surface area contributed by atoms with Crippen molar-refractivity contribution in [3.8, 4) is 0 Å². The molecule has 0 bridgehead atoms. The predicted molar refractivity (Wildman–Crippen MR) is 88.3 cm³/mol.